The summed E-state index contributed by atoms with van der Waals surface area (Å²) in [6, 6.07) is 5.87. The smallest absolute Gasteiger partial charge is 0.321 e. The van der Waals surface area contributed by atoms with Crippen LogP contribution in [0.2, 0.25) is 5.15 Å². The lowest BCUT2D eigenvalue weighted by molar-refractivity contribution is -0.384. The first kappa shape index (κ1) is 13.2. The van der Waals surface area contributed by atoms with Crippen molar-refractivity contribution in [3.05, 3.63) is 51.7 Å². The minimum Gasteiger partial charge on any atom is -0.321 e. The molecule has 0 aliphatic heterocycles. The van der Waals surface area contributed by atoms with Gasteiger partial charge in [0.2, 0.25) is 11.0 Å². The Morgan fingerprint density at radius 3 is 2.68 bits per heavy atom. The summed E-state index contributed by atoms with van der Waals surface area (Å²) in [5.41, 5.74) is -0.310. The van der Waals surface area contributed by atoms with E-state index >= 15 is 0 Å². The van der Waals surface area contributed by atoms with E-state index in [0.29, 0.717) is 0 Å². The maximum Gasteiger partial charge on any atom is 0.348 e. The molecule has 0 bridgehead atoms. The molecular formula is C11H8ClFN4O2. The van der Waals surface area contributed by atoms with Gasteiger partial charge in [0, 0.05) is 7.05 Å². The normalized spacial score (nSPS) is 10.3. The van der Waals surface area contributed by atoms with E-state index in [1.807, 2.05) is 0 Å². The van der Waals surface area contributed by atoms with Gasteiger partial charge in [0.25, 0.3) is 0 Å². The second-order valence-corrected chi connectivity index (χ2v) is 3.96. The molecule has 2 aromatic rings. The molecule has 1 aromatic carbocycles. The van der Waals surface area contributed by atoms with Gasteiger partial charge in [-0.1, -0.05) is 23.7 Å². The number of para-hydroxylation sites is 1. The number of hydrogen-bond acceptors (Lipinski definition) is 5. The van der Waals surface area contributed by atoms with Crippen LogP contribution in [0.4, 0.5) is 21.6 Å². The van der Waals surface area contributed by atoms with Crippen molar-refractivity contribution in [2.45, 2.75) is 0 Å². The fraction of sp³-hybridized carbons (Fsp3) is 0.0909. The summed E-state index contributed by atoms with van der Waals surface area (Å²) < 4.78 is 13.7. The highest BCUT2D eigenvalue weighted by atomic mass is 35.5. The topological polar surface area (TPSA) is 72.2 Å². The highest BCUT2D eigenvalue weighted by Gasteiger charge is 2.25. The van der Waals surface area contributed by atoms with Crippen LogP contribution in [0.3, 0.4) is 0 Å². The Morgan fingerprint density at radius 2 is 2.05 bits per heavy atom. The van der Waals surface area contributed by atoms with Crippen molar-refractivity contribution in [2.24, 2.45) is 0 Å². The van der Waals surface area contributed by atoms with Crippen molar-refractivity contribution in [3.8, 4) is 0 Å². The highest BCUT2D eigenvalue weighted by Crippen LogP contribution is 2.34. The van der Waals surface area contributed by atoms with Crippen molar-refractivity contribution in [3.63, 3.8) is 0 Å². The molecule has 0 N–H and O–H groups in total. The molecule has 0 amide bonds. The Morgan fingerprint density at radius 1 is 1.37 bits per heavy atom. The lowest BCUT2D eigenvalue weighted by Gasteiger charge is -2.18. The zero-order valence-corrected chi connectivity index (χ0v) is 10.5. The summed E-state index contributed by atoms with van der Waals surface area (Å²) in [5.74, 6) is -0.593. The van der Waals surface area contributed by atoms with Crippen LogP contribution in [0, 0.1) is 15.9 Å². The van der Waals surface area contributed by atoms with Gasteiger partial charge in [-0.2, -0.15) is 0 Å². The Balaban J connectivity index is 2.57. The first-order valence-electron chi connectivity index (χ1n) is 5.15. The van der Waals surface area contributed by atoms with Gasteiger partial charge in [-0.05, 0) is 12.1 Å². The average Bonchev–Trinajstić information content (AvgIpc) is 2.37. The van der Waals surface area contributed by atoms with Crippen LogP contribution < -0.4 is 4.90 Å². The van der Waals surface area contributed by atoms with E-state index in [1.165, 1.54) is 30.1 Å². The van der Waals surface area contributed by atoms with E-state index in [2.05, 4.69) is 9.97 Å². The molecule has 2 rings (SSSR count). The van der Waals surface area contributed by atoms with Gasteiger partial charge in [-0.25, -0.2) is 14.4 Å². The molecule has 0 aliphatic rings. The largest absolute Gasteiger partial charge is 0.348 e. The molecule has 0 unspecified atom stereocenters. The summed E-state index contributed by atoms with van der Waals surface area (Å²) in [4.78, 5) is 18.9. The van der Waals surface area contributed by atoms with Crippen molar-refractivity contribution < 1.29 is 9.31 Å². The van der Waals surface area contributed by atoms with Crippen molar-refractivity contribution in [1.82, 2.24) is 9.97 Å². The van der Waals surface area contributed by atoms with E-state index in [-0.39, 0.29) is 16.7 Å². The SMILES string of the molecule is CN(c1ccccc1F)c1ncnc(Cl)c1[N+](=O)[O-]. The Bertz CT molecular complexity index is 638. The standard InChI is InChI=1S/C11H8ClFN4O2/c1-16(8-5-3-2-4-7(8)13)11-9(17(18)19)10(12)14-6-15-11/h2-6H,1H3. The van der Waals surface area contributed by atoms with Gasteiger partial charge in [-0.3, -0.25) is 10.1 Å². The maximum atomic E-state index is 13.7. The van der Waals surface area contributed by atoms with E-state index < -0.39 is 16.4 Å². The van der Waals surface area contributed by atoms with E-state index in [1.54, 1.807) is 6.07 Å². The highest BCUT2D eigenvalue weighted by molar-refractivity contribution is 6.31. The molecule has 0 aliphatic carbocycles. The van der Waals surface area contributed by atoms with Crippen molar-refractivity contribution >= 4 is 28.8 Å². The van der Waals surface area contributed by atoms with Gasteiger partial charge in [0.15, 0.2) is 0 Å². The molecule has 0 saturated carbocycles. The second-order valence-electron chi connectivity index (χ2n) is 3.60. The molecule has 19 heavy (non-hydrogen) atoms. The van der Waals surface area contributed by atoms with Crippen LogP contribution in [0.1, 0.15) is 0 Å². The summed E-state index contributed by atoms with van der Waals surface area (Å²) in [6.07, 6.45) is 1.09. The molecule has 0 saturated heterocycles. The number of rotatable bonds is 3. The van der Waals surface area contributed by atoms with Crippen LogP contribution in [-0.4, -0.2) is 21.9 Å². The Hall–Kier alpha value is -2.28. The summed E-state index contributed by atoms with van der Waals surface area (Å²) >= 11 is 5.68. The maximum absolute atomic E-state index is 13.7. The summed E-state index contributed by atoms with van der Waals surface area (Å²) in [7, 11) is 1.46. The molecule has 6 nitrogen and oxygen atoms in total. The zero-order chi connectivity index (χ0) is 14.0. The quantitative estimate of drug-likeness (QED) is 0.492. The van der Waals surface area contributed by atoms with Crippen LogP contribution >= 0.6 is 11.6 Å². The van der Waals surface area contributed by atoms with Gasteiger partial charge in [-0.15, -0.1) is 0 Å². The van der Waals surface area contributed by atoms with E-state index in [9.17, 15) is 14.5 Å². The van der Waals surface area contributed by atoms with E-state index in [0.717, 1.165) is 6.33 Å². The third kappa shape index (κ3) is 2.45. The first-order valence-corrected chi connectivity index (χ1v) is 5.53. The summed E-state index contributed by atoms with van der Waals surface area (Å²) in [6.45, 7) is 0. The predicted octanol–water partition coefficient (Wildman–Crippen LogP) is 2.95. The van der Waals surface area contributed by atoms with Crippen LogP contribution in [0.15, 0.2) is 30.6 Å². The monoisotopic (exact) mass is 282 g/mol. The second kappa shape index (κ2) is 5.15. The molecule has 0 spiro atoms. The molecule has 98 valence electrons. The van der Waals surface area contributed by atoms with Gasteiger partial charge in [0.1, 0.15) is 12.1 Å². The van der Waals surface area contributed by atoms with Crippen LogP contribution in [0.5, 0.6) is 0 Å². The van der Waals surface area contributed by atoms with Gasteiger partial charge in [0.05, 0.1) is 10.6 Å². The molecule has 1 heterocycles. The molecule has 1 aromatic heterocycles. The number of benzene rings is 1. The molecule has 0 fully saturated rings. The average molecular weight is 283 g/mol. The number of anilines is 2. The third-order valence-electron chi connectivity index (χ3n) is 2.47. The van der Waals surface area contributed by atoms with E-state index in [4.69, 9.17) is 11.6 Å². The number of nitro groups is 1. The molecular weight excluding hydrogens is 275 g/mol. The number of hydrogen-bond donors (Lipinski definition) is 0. The lowest BCUT2D eigenvalue weighted by atomic mass is 10.2. The van der Waals surface area contributed by atoms with Crippen LogP contribution in [0.25, 0.3) is 0 Å². The third-order valence-corrected chi connectivity index (χ3v) is 2.75. The lowest BCUT2D eigenvalue weighted by Crippen LogP contribution is -2.15. The number of aromatic nitrogens is 2. The van der Waals surface area contributed by atoms with Gasteiger partial charge < -0.3 is 4.90 Å². The van der Waals surface area contributed by atoms with Crippen molar-refractivity contribution in [1.29, 1.82) is 0 Å². The minimum atomic E-state index is -0.699. The summed E-state index contributed by atoms with van der Waals surface area (Å²) in [5, 5.41) is 10.7. The van der Waals surface area contributed by atoms with Crippen LogP contribution in [-0.2, 0) is 0 Å². The number of nitrogens with zero attached hydrogens (tertiary/aromatic N) is 4. The predicted molar refractivity (Wildman–Crippen MR) is 68.2 cm³/mol. The Kier molecular flexibility index (Phi) is 3.57. The van der Waals surface area contributed by atoms with Gasteiger partial charge >= 0.3 is 5.69 Å². The molecule has 8 heteroatoms. The zero-order valence-electron chi connectivity index (χ0n) is 9.75. The fourth-order valence-corrected chi connectivity index (χ4v) is 1.79. The first-order chi connectivity index (χ1) is 9.02. The van der Waals surface area contributed by atoms with Crippen molar-refractivity contribution in [2.75, 3.05) is 11.9 Å². The molecule has 0 atom stereocenters. The number of halogens is 2. The fourth-order valence-electron chi connectivity index (χ4n) is 1.59. The minimum absolute atomic E-state index is 0.0740. The Labute approximate surface area is 112 Å². The molecule has 0 radical (unpaired) electrons.